The second-order valence-corrected chi connectivity index (χ2v) is 14.2. The van der Waals surface area contributed by atoms with Crippen molar-refractivity contribution in [3.8, 4) is 0 Å². The molecule has 4 saturated carbocycles. The fourth-order valence-corrected chi connectivity index (χ4v) is 10.1. The molecule has 5 rings (SSSR count). The summed E-state index contributed by atoms with van der Waals surface area (Å²) in [5.74, 6) is 1.94. The average Bonchev–Trinajstić information content (AvgIpc) is 3.23. The van der Waals surface area contributed by atoms with E-state index in [9.17, 15) is 20.1 Å². The molecule has 6 heteroatoms. The normalized spacial score (nSPS) is 43.9. The van der Waals surface area contributed by atoms with Crippen LogP contribution in [0, 0.1) is 46.3 Å². The third-order valence-corrected chi connectivity index (χ3v) is 12.4. The van der Waals surface area contributed by atoms with E-state index in [0.29, 0.717) is 36.0 Å². The number of nitrogens with one attached hydrogen (secondary N) is 1. The van der Waals surface area contributed by atoms with E-state index in [-0.39, 0.29) is 41.0 Å². The van der Waals surface area contributed by atoms with Crippen LogP contribution in [0.25, 0.3) is 0 Å². The standard InChI is InChI=1S/C31H47NO4S/c1-18(8-11-28(36)32-20-6-5-7-22(16-20)37-4)23-9-10-24-29-25(17-27(35)31(23,24)3)30(2)13-12-21(33)14-19(30)15-26(29)34/h5-7,16,18-19,21,23-27,29,33-35H,8-15,17H2,1-4H3,(H,32,36)/t18?,19?,21-,23-,24?,25?,26-,27+,29?,30+,31-/m1/s1. The van der Waals surface area contributed by atoms with Gasteiger partial charge in [-0.05, 0) is 122 Å². The van der Waals surface area contributed by atoms with Gasteiger partial charge in [-0.3, -0.25) is 4.79 Å². The Kier molecular flexibility index (Phi) is 7.78. The molecule has 0 bridgehead atoms. The lowest BCUT2D eigenvalue weighted by Gasteiger charge is -2.63. The van der Waals surface area contributed by atoms with Crippen LogP contribution in [-0.4, -0.2) is 45.8 Å². The van der Waals surface area contributed by atoms with Crippen molar-refractivity contribution >= 4 is 23.4 Å². The summed E-state index contributed by atoms with van der Waals surface area (Å²) in [7, 11) is 0. The molecule has 11 atom stereocenters. The largest absolute Gasteiger partial charge is 0.393 e. The Morgan fingerprint density at radius 1 is 1.11 bits per heavy atom. The van der Waals surface area contributed by atoms with E-state index in [1.54, 1.807) is 11.8 Å². The number of carbonyl (C=O) groups excluding carboxylic acids is 1. The number of thioether (sulfide) groups is 1. The molecule has 4 aliphatic carbocycles. The molecule has 206 valence electrons. The minimum absolute atomic E-state index is 0.0511. The summed E-state index contributed by atoms with van der Waals surface area (Å²) < 4.78 is 0. The number of anilines is 1. The van der Waals surface area contributed by atoms with Crippen molar-refractivity contribution in [2.75, 3.05) is 11.6 Å². The number of carbonyl (C=O) groups is 1. The highest BCUT2D eigenvalue weighted by Crippen LogP contribution is 2.68. The molecule has 1 amide bonds. The zero-order valence-corrected chi connectivity index (χ0v) is 23.8. The van der Waals surface area contributed by atoms with Crippen molar-refractivity contribution in [1.29, 1.82) is 0 Å². The summed E-state index contributed by atoms with van der Waals surface area (Å²) in [4.78, 5) is 13.9. The maximum atomic E-state index is 12.8. The third kappa shape index (κ3) is 4.79. The zero-order valence-electron chi connectivity index (χ0n) is 23.0. The first kappa shape index (κ1) is 27.5. The number of aliphatic hydroxyl groups is 3. The van der Waals surface area contributed by atoms with Crippen molar-refractivity contribution < 1.29 is 20.1 Å². The smallest absolute Gasteiger partial charge is 0.224 e. The van der Waals surface area contributed by atoms with E-state index in [4.69, 9.17) is 0 Å². The molecule has 0 aromatic heterocycles. The molecule has 0 aliphatic heterocycles. The summed E-state index contributed by atoms with van der Waals surface area (Å²) in [5, 5.41) is 36.6. The highest BCUT2D eigenvalue weighted by molar-refractivity contribution is 7.98. The van der Waals surface area contributed by atoms with E-state index in [2.05, 4.69) is 26.1 Å². The highest BCUT2D eigenvalue weighted by atomic mass is 32.2. The molecule has 1 aromatic carbocycles. The van der Waals surface area contributed by atoms with Crippen molar-refractivity contribution in [3.63, 3.8) is 0 Å². The van der Waals surface area contributed by atoms with Crippen LogP contribution in [0.15, 0.2) is 29.2 Å². The minimum atomic E-state index is -0.383. The van der Waals surface area contributed by atoms with Crippen molar-refractivity contribution in [3.05, 3.63) is 24.3 Å². The molecular formula is C31H47NO4S. The van der Waals surface area contributed by atoms with Gasteiger partial charge in [-0.2, -0.15) is 0 Å². The van der Waals surface area contributed by atoms with Crippen LogP contribution in [0.1, 0.15) is 78.6 Å². The fourth-order valence-electron chi connectivity index (χ4n) is 9.62. The van der Waals surface area contributed by atoms with Gasteiger partial charge in [0.05, 0.1) is 18.3 Å². The van der Waals surface area contributed by atoms with E-state index in [1.807, 2.05) is 30.5 Å². The maximum absolute atomic E-state index is 12.8. The van der Waals surface area contributed by atoms with Crippen LogP contribution in [-0.2, 0) is 4.79 Å². The molecule has 1 aromatic rings. The fraction of sp³-hybridized carbons (Fsp3) is 0.774. The Labute approximate surface area is 227 Å². The Morgan fingerprint density at radius 2 is 1.89 bits per heavy atom. The van der Waals surface area contributed by atoms with Gasteiger partial charge in [0.25, 0.3) is 0 Å². The molecule has 5 unspecified atom stereocenters. The Balaban J connectivity index is 1.27. The van der Waals surface area contributed by atoms with Crippen LogP contribution in [0.2, 0.25) is 0 Å². The van der Waals surface area contributed by atoms with Gasteiger partial charge >= 0.3 is 0 Å². The molecule has 0 heterocycles. The maximum Gasteiger partial charge on any atom is 0.224 e. The molecular weight excluding hydrogens is 482 g/mol. The predicted molar refractivity (Wildman–Crippen MR) is 149 cm³/mol. The quantitative estimate of drug-likeness (QED) is 0.354. The molecule has 37 heavy (non-hydrogen) atoms. The molecule has 0 radical (unpaired) electrons. The molecule has 4 aliphatic rings. The second kappa shape index (κ2) is 10.5. The van der Waals surface area contributed by atoms with Gasteiger partial charge < -0.3 is 20.6 Å². The minimum Gasteiger partial charge on any atom is -0.393 e. The highest BCUT2D eigenvalue weighted by Gasteiger charge is 2.65. The van der Waals surface area contributed by atoms with Crippen molar-refractivity contribution in [2.45, 2.75) is 102 Å². The SMILES string of the molecule is CSc1cccc(NC(=O)CCC(C)[C@H]2CCC3C4C(C[C@H](O)[C@@]32C)[C@@]2(C)CC[C@@H](O)CC2C[C@H]4O)c1. The van der Waals surface area contributed by atoms with E-state index in [1.165, 1.54) is 0 Å². The first-order chi connectivity index (χ1) is 17.6. The molecule has 4 N–H and O–H groups in total. The second-order valence-electron chi connectivity index (χ2n) is 13.3. The third-order valence-electron chi connectivity index (χ3n) is 11.7. The van der Waals surface area contributed by atoms with Crippen molar-refractivity contribution in [2.24, 2.45) is 46.3 Å². The topological polar surface area (TPSA) is 89.8 Å². The summed E-state index contributed by atoms with van der Waals surface area (Å²) in [6.45, 7) is 6.92. The monoisotopic (exact) mass is 529 g/mol. The first-order valence-corrected chi connectivity index (χ1v) is 15.8. The molecule has 0 spiro atoms. The number of rotatable bonds is 6. The Hall–Kier alpha value is -1.08. The zero-order chi connectivity index (χ0) is 26.5. The number of benzene rings is 1. The van der Waals surface area contributed by atoms with Gasteiger partial charge in [0.1, 0.15) is 0 Å². The van der Waals surface area contributed by atoms with Crippen LogP contribution < -0.4 is 5.32 Å². The molecule has 5 nitrogen and oxygen atoms in total. The summed E-state index contributed by atoms with van der Waals surface area (Å²) >= 11 is 1.67. The Bertz CT molecular complexity index is 988. The number of amides is 1. The number of hydrogen-bond acceptors (Lipinski definition) is 5. The van der Waals surface area contributed by atoms with Gasteiger partial charge in [-0.15, -0.1) is 11.8 Å². The van der Waals surface area contributed by atoms with E-state index in [0.717, 1.165) is 61.9 Å². The summed E-state index contributed by atoms with van der Waals surface area (Å²) in [5.41, 5.74) is 0.725. The average molecular weight is 530 g/mol. The van der Waals surface area contributed by atoms with Crippen LogP contribution in [0.4, 0.5) is 5.69 Å². The van der Waals surface area contributed by atoms with E-state index >= 15 is 0 Å². The van der Waals surface area contributed by atoms with Crippen LogP contribution in [0.5, 0.6) is 0 Å². The summed E-state index contributed by atoms with van der Waals surface area (Å²) in [6, 6.07) is 7.96. The van der Waals surface area contributed by atoms with Gasteiger partial charge in [-0.25, -0.2) is 0 Å². The van der Waals surface area contributed by atoms with Gasteiger partial charge in [0.2, 0.25) is 5.91 Å². The lowest BCUT2D eigenvalue weighted by molar-refractivity contribution is -0.207. The van der Waals surface area contributed by atoms with Gasteiger partial charge in [-0.1, -0.05) is 26.8 Å². The number of fused-ring (bicyclic) bond motifs is 5. The van der Waals surface area contributed by atoms with Crippen molar-refractivity contribution in [1.82, 2.24) is 0 Å². The van der Waals surface area contributed by atoms with Gasteiger partial charge in [0.15, 0.2) is 0 Å². The number of aliphatic hydroxyl groups excluding tert-OH is 3. The van der Waals surface area contributed by atoms with Crippen LogP contribution >= 0.6 is 11.8 Å². The van der Waals surface area contributed by atoms with E-state index < -0.39 is 0 Å². The van der Waals surface area contributed by atoms with Gasteiger partial charge in [0, 0.05) is 17.0 Å². The first-order valence-electron chi connectivity index (χ1n) is 14.6. The molecule has 0 saturated heterocycles. The van der Waals surface area contributed by atoms with Crippen LogP contribution in [0.3, 0.4) is 0 Å². The predicted octanol–water partition coefficient (Wildman–Crippen LogP) is 5.72. The molecule has 4 fully saturated rings. The number of hydrogen-bond donors (Lipinski definition) is 4. The lowest BCUT2D eigenvalue weighted by atomic mass is 9.43. The Morgan fingerprint density at radius 3 is 2.65 bits per heavy atom. The summed E-state index contributed by atoms with van der Waals surface area (Å²) in [6.07, 6.45) is 8.63. The lowest BCUT2D eigenvalue weighted by Crippen LogP contribution is -2.62.